The second kappa shape index (κ2) is 3.33. The molecule has 0 aromatic heterocycles. The Hall–Kier alpha value is -0.510. The molecule has 1 unspecified atom stereocenters. The van der Waals surface area contributed by atoms with Crippen LogP contribution in [0.15, 0.2) is 22.7 Å². The second-order valence-electron chi connectivity index (χ2n) is 2.77. The van der Waals surface area contributed by atoms with Gasteiger partial charge in [-0.15, -0.1) is 0 Å². The Bertz CT molecular complexity index is 378. The summed E-state index contributed by atoms with van der Waals surface area (Å²) in [6.07, 6.45) is 2.86. The van der Waals surface area contributed by atoms with Gasteiger partial charge in [-0.05, 0) is 33.6 Å². The van der Waals surface area contributed by atoms with E-state index in [1.807, 2.05) is 18.2 Å². The van der Waals surface area contributed by atoms with E-state index in [0.29, 0.717) is 5.02 Å². The number of rotatable bonds is 0. The predicted molar refractivity (Wildman–Crippen MR) is 57.8 cm³/mol. The van der Waals surface area contributed by atoms with Crippen molar-refractivity contribution in [2.24, 2.45) is 0 Å². The fourth-order valence-corrected chi connectivity index (χ4v) is 1.80. The van der Waals surface area contributed by atoms with Crippen molar-refractivity contribution < 1.29 is 5.11 Å². The van der Waals surface area contributed by atoms with Crippen molar-refractivity contribution in [1.82, 2.24) is 0 Å². The van der Waals surface area contributed by atoms with Crippen LogP contribution in [0.1, 0.15) is 5.56 Å². The molecule has 0 fully saturated rings. The van der Waals surface area contributed by atoms with E-state index in [1.54, 1.807) is 6.08 Å². The Morgan fingerprint density at radius 3 is 3.00 bits per heavy atom. The van der Waals surface area contributed by atoms with Crippen LogP contribution in [0.25, 0.3) is 6.08 Å². The average molecular weight is 261 g/mol. The van der Waals surface area contributed by atoms with Crippen molar-refractivity contribution in [3.63, 3.8) is 0 Å². The van der Waals surface area contributed by atoms with E-state index >= 15 is 0 Å². The fourth-order valence-electron chi connectivity index (χ4n) is 1.24. The minimum Gasteiger partial charge on any atom is -0.370 e. The Balaban J connectivity index is 2.57. The highest BCUT2D eigenvalue weighted by Crippen LogP contribution is 2.35. The first kappa shape index (κ1) is 9.06. The van der Waals surface area contributed by atoms with Crippen LogP contribution in [0.4, 0.5) is 5.69 Å². The smallest absolute Gasteiger partial charge is 0.144 e. The number of aliphatic hydroxyl groups excluding tert-OH is 1. The van der Waals surface area contributed by atoms with Crippen LogP contribution in [0, 0.1) is 0 Å². The van der Waals surface area contributed by atoms with Gasteiger partial charge < -0.3 is 10.4 Å². The Morgan fingerprint density at radius 2 is 2.23 bits per heavy atom. The molecule has 0 radical (unpaired) electrons. The molecule has 1 aliphatic rings. The van der Waals surface area contributed by atoms with E-state index in [0.717, 1.165) is 15.7 Å². The predicted octanol–water partition coefficient (Wildman–Crippen LogP) is 2.86. The van der Waals surface area contributed by atoms with Gasteiger partial charge in [0.1, 0.15) is 6.23 Å². The normalized spacial score (nSPS) is 19.5. The number of halogens is 2. The topological polar surface area (TPSA) is 32.3 Å². The van der Waals surface area contributed by atoms with Crippen molar-refractivity contribution >= 4 is 39.3 Å². The molecular weight excluding hydrogens is 253 g/mol. The van der Waals surface area contributed by atoms with Crippen LogP contribution in [0.3, 0.4) is 0 Å². The van der Waals surface area contributed by atoms with Gasteiger partial charge in [0.25, 0.3) is 0 Å². The molecular formula is C9H7BrClNO. The summed E-state index contributed by atoms with van der Waals surface area (Å²) < 4.78 is 0.822. The highest BCUT2D eigenvalue weighted by molar-refractivity contribution is 9.10. The van der Waals surface area contributed by atoms with Gasteiger partial charge in [0.05, 0.1) is 10.7 Å². The molecule has 4 heteroatoms. The molecule has 1 aliphatic heterocycles. The molecule has 2 N–H and O–H groups in total. The number of fused-ring (bicyclic) bond motifs is 1. The van der Waals surface area contributed by atoms with Crippen LogP contribution in [-0.4, -0.2) is 11.3 Å². The van der Waals surface area contributed by atoms with Crippen LogP contribution in [0.5, 0.6) is 0 Å². The van der Waals surface area contributed by atoms with E-state index in [4.69, 9.17) is 11.6 Å². The highest BCUT2D eigenvalue weighted by Gasteiger charge is 2.14. The minimum absolute atomic E-state index is 0.598. The summed E-state index contributed by atoms with van der Waals surface area (Å²) in [5, 5.41) is 12.8. The van der Waals surface area contributed by atoms with Gasteiger partial charge in [0.15, 0.2) is 0 Å². The zero-order valence-corrected chi connectivity index (χ0v) is 8.93. The van der Waals surface area contributed by atoms with Crippen LogP contribution in [-0.2, 0) is 0 Å². The van der Waals surface area contributed by atoms with Gasteiger partial charge in [-0.2, -0.15) is 0 Å². The molecule has 1 aromatic carbocycles. The van der Waals surface area contributed by atoms with E-state index in [-0.39, 0.29) is 0 Å². The van der Waals surface area contributed by atoms with E-state index < -0.39 is 6.23 Å². The molecule has 1 heterocycles. The zero-order valence-electron chi connectivity index (χ0n) is 6.59. The van der Waals surface area contributed by atoms with E-state index in [9.17, 15) is 5.11 Å². The van der Waals surface area contributed by atoms with Gasteiger partial charge in [-0.1, -0.05) is 23.7 Å². The maximum atomic E-state index is 9.30. The lowest BCUT2D eigenvalue weighted by Crippen LogP contribution is -2.19. The second-order valence-corrected chi connectivity index (χ2v) is 4.01. The van der Waals surface area contributed by atoms with Gasteiger partial charge >= 0.3 is 0 Å². The molecule has 2 rings (SSSR count). The number of anilines is 1. The largest absolute Gasteiger partial charge is 0.370 e. The van der Waals surface area contributed by atoms with Crippen molar-refractivity contribution in [3.05, 3.63) is 33.3 Å². The third-order valence-corrected chi connectivity index (χ3v) is 3.16. The molecule has 0 amide bonds. The van der Waals surface area contributed by atoms with Crippen molar-refractivity contribution in [2.75, 3.05) is 5.32 Å². The Morgan fingerprint density at radius 1 is 1.46 bits per heavy atom. The van der Waals surface area contributed by atoms with E-state index in [1.165, 1.54) is 0 Å². The summed E-state index contributed by atoms with van der Waals surface area (Å²) in [4.78, 5) is 0. The minimum atomic E-state index is -0.653. The quantitative estimate of drug-likeness (QED) is 0.752. The molecule has 0 aliphatic carbocycles. The van der Waals surface area contributed by atoms with E-state index in [2.05, 4.69) is 21.2 Å². The maximum absolute atomic E-state index is 9.30. The molecule has 68 valence electrons. The zero-order chi connectivity index (χ0) is 9.42. The molecule has 0 saturated carbocycles. The van der Waals surface area contributed by atoms with Gasteiger partial charge in [0.2, 0.25) is 0 Å². The van der Waals surface area contributed by atoms with Crippen molar-refractivity contribution in [3.8, 4) is 0 Å². The molecule has 0 spiro atoms. The third-order valence-electron chi connectivity index (χ3n) is 1.88. The maximum Gasteiger partial charge on any atom is 0.144 e. The first-order chi connectivity index (χ1) is 6.18. The summed E-state index contributed by atoms with van der Waals surface area (Å²) >= 11 is 9.34. The van der Waals surface area contributed by atoms with Crippen LogP contribution in [0.2, 0.25) is 5.02 Å². The summed E-state index contributed by atoms with van der Waals surface area (Å²) in [6, 6.07) is 3.81. The van der Waals surface area contributed by atoms with Crippen LogP contribution >= 0.6 is 27.5 Å². The lowest BCUT2D eigenvalue weighted by molar-refractivity contribution is 0.252. The number of hydrogen-bond donors (Lipinski definition) is 2. The molecule has 1 aromatic rings. The lowest BCUT2D eigenvalue weighted by atomic mass is 10.1. The SMILES string of the molecule is OC1C=Cc2ccc(Br)c(Cl)c2N1. The number of benzene rings is 1. The number of hydrogen-bond acceptors (Lipinski definition) is 2. The van der Waals surface area contributed by atoms with Gasteiger partial charge in [-0.3, -0.25) is 0 Å². The first-order valence-electron chi connectivity index (χ1n) is 3.79. The summed E-state index contributed by atoms with van der Waals surface area (Å²) in [6.45, 7) is 0. The summed E-state index contributed by atoms with van der Waals surface area (Å²) in [5.74, 6) is 0. The number of aliphatic hydroxyl groups is 1. The number of nitrogens with one attached hydrogen (secondary N) is 1. The summed E-state index contributed by atoms with van der Waals surface area (Å²) in [7, 11) is 0. The molecule has 0 bridgehead atoms. The molecule has 0 saturated heterocycles. The molecule has 13 heavy (non-hydrogen) atoms. The molecule has 1 atom stereocenters. The third kappa shape index (κ3) is 1.59. The van der Waals surface area contributed by atoms with Crippen molar-refractivity contribution in [2.45, 2.75) is 6.23 Å². The Labute approximate surface area is 89.3 Å². The monoisotopic (exact) mass is 259 g/mol. The highest BCUT2D eigenvalue weighted by atomic mass is 79.9. The van der Waals surface area contributed by atoms with Crippen molar-refractivity contribution in [1.29, 1.82) is 0 Å². The fraction of sp³-hybridized carbons (Fsp3) is 0.111. The van der Waals surface area contributed by atoms with Gasteiger partial charge in [0, 0.05) is 4.47 Å². The first-order valence-corrected chi connectivity index (χ1v) is 4.96. The average Bonchev–Trinajstić information content (AvgIpc) is 2.12. The summed E-state index contributed by atoms with van der Waals surface area (Å²) in [5.41, 5.74) is 1.75. The van der Waals surface area contributed by atoms with Gasteiger partial charge in [-0.25, -0.2) is 0 Å². The van der Waals surface area contributed by atoms with Crippen LogP contribution < -0.4 is 5.32 Å². The molecule has 2 nitrogen and oxygen atoms in total. The lowest BCUT2D eigenvalue weighted by Gasteiger charge is -2.19. The Kier molecular flexibility index (Phi) is 2.32. The standard InChI is InChI=1S/C9H7BrClNO/c10-6-3-1-5-2-4-7(13)12-9(5)8(6)11/h1-4,7,12-13H.